The van der Waals surface area contributed by atoms with Crippen molar-refractivity contribution in [3.8, 4) is 0 Å². The molecule has 25 heavy (non-hydrogen) atoms. The van der Waals surface area contributed by atoms with E-state index in [4.69, 9.17) is 4.42 Å². The summed E-state index contributed by atoms with van der Waals surface area (Å²) in [6, 6.07) is 4.58. The Kier molecular flexibility index (Phi) is 4.03. The molecule has 2 saturated carbocycles. The molecule has 0 radical (unpaired) electrons. The number of nitrogens with one attached hydrogen (secondary N) is 1. The van der Waals surface area contributed by atoms with Gasteiger partial charge in [-0.1, -0.05) is 6.42 Å². The Morgan fingerprint density at radius 1 is 1.28 bits per heavy atom. The van der Waals surface area contributed by atoms with Gasteiger partial charge in [0.15, 0.2) is 5.58 Å². The van der Waals surface area contributed by atoms with Crippen molar-refractivity contribution in [1.29, 1.82) is 0 Å². The zero-order chi connectivity index (χ0) is 17.8. The van der Waals surface area contributed by atoms with Crippen LogP contribution in [0, 0.1) is 17.8 Å². The summed E-state index contributed by atoms with van der Waals surface area (Å²) in [6.07, 6.45) is 4.93. The van der Waals surface area contributed by atoms with Crippen molar-refractivity contribution in [1.82, 2.24) is 9.29 Å². The lowest BCUT2D eigenvalue weighted by Crippen LogP contribution is -2.31. The van der Waals surface area contributed by atoms with E-state index in [0.29, 0.717) is 29.5 Å². The van der Waals surface area contributed by atoms with E-state index < -0.39 is 15.8 Å². The molecule has 2 aliphatic rings. The molecule has 1 aromatic carbocycles. The van der Waals surface area contributed by atoms with E-state index in [1.54, 1.807) is 12.1 Å². The van der Waals surface area contributed by atoms with Crippen molar-refractivity contribution in [2.75, 3.05) is 6.54 Å². The first-order valence-corrected chi connectivity index (χ1v) is 10.5. The van der Waals surface area contributed by atoms with E-state index in [0.717, 1.165) is 12.3 Å². The Hall–Kier alpha value is -1.60. The average molecular weight is 364 g/mol. The molecule has 2 aromatic rings. The monoisotopic (exact) mass is 364 g/mol. The van der Waals surface area contributed by atoms with Gasteiger partial charge in [-0.15, -0.1) is 0 Å². The number of aromatic nitrogens is 1. The third-order valence-corrected chi connectivity index (χ3v) is 7.25. The average Bonchev–Trinajstić information content (AvgIpc) is 3.24. The van der Waals surface area contributed by atoms with Crippen LogP contribution in [0.4, 0.5) is 0 Å². The maximum Gasteiger partial charge on any atom is 0.420 e. The van der Waals surface area contributed by atoms with Gasteiger partial charge in [0.2, 0.25) is 10.0 Å². The smallest absolute Gasteiger partial charge is 0.408 e. The summed E-state index contributed by atoms with van der Waals surface area (Å²) in [5.74, 6) is 1.46. The second-order valence-electron chi connectivity index (χ2n) is 7.75. The van der Waals surface area contributed by atoms with Gasteiger partial charge in [0.05, 0.1) is 10.4 Å². The van der Waals surface area contributed by atoms with Crippen LogP contribution in [0.15, 0.2) is 32.3 Å². The van der Waals surface area contributed by atoms with Crippen LogP contribution in [0.3, 0.4) is 0 Å². The predicted molar refractivity (Wildman–Crippen MR) is 95.0 cm³/mol. The van der Waals surface area contributed by atoms with Crippen LogP contribution in [0.5, 0.6) is 0 Å². The van der Waals surface area contributed by atoms with Gasteiger partial charge in [-0.25, -0.2) is 17.9 Å². The van der Waals surface area contributed by atoms with Crippen LogP contribution in [-0.4, -0.2) is 19.5 Å². The van der Waals surface area contributed by atoms with Gasteiger partial charge < -0.3 is 4.42 Å². The van der Waals surface area contributed by atoms with Crippen molar-refractivity contribution >= 4 is 21.1 Å². The highest BCUT2D eigenvalue weighted by molar-refractivity contribution is 7.89. The van der Waals surface area contributed by atoms with E-state index >= 15 is 0 Å². The molecule has 0 amide bonds. The maximum atomic E-state index is 12.6. The number of benzene rings is 1. The Morgan fingerprint density at radius 2 is 2.08 bits per heavy atom. The summed E-state index contributed by atoms with van der Waals surface area (Å²) in [4.78, 5) is 12.1. The third kappa shape index (κ3) is 2.93. The minimum absolute atomic E-state index is 0.0490. The Morgan fingerprint density at radius 3 is 2.72 bits per heavy atom. The van der Waals surface area contributed by atoms with Crippen molar-refractivity contribution in [3.63, 3.8) is 0 Å². The lowest BCUT2D eigenvalue weighted by molar-refractivity contribution is 0.333. The molecular weight excluding hydrogens is 340 g/mol. The standard InChI is InChI=1S/C18H24N2O4S/c1-11(2)20-16-6-5-15(9-17(16)24-18(20)21)25(22,23)19-10-14-8-12-3-4-13(14)7-12/h5-6,9,11-14,19H,3-4,7-8,10H2,1-2H3/t12-,13-,14-/m0/s1. The molecular formula is C18H24N2O4S. The molecule has 2 aliphatic carbocycles. The summed E-state index contributed by atoms with van der Waals surface area (Å²) >= 11 is 0. The van der Waals surface area contributed by atoms with Gasteiger partial charge in [0.25, 0.3) is 0 Å². The third-order valence-electron chi connectivity index (χ3n) is 5.83. The lowest BCUT2D eigenvalue weighted by atomic mass is 9.89. The number of sulfonamides is 1. The molecule has 4 rings (SSSR count). The van der Waals surface area contributed by atoms with Crippen molar-refractivity contribution in [2.45, 2.75) is 50.5 Å². The highest BCUT2D eigenvalue weighted by Crippen LogP contribution is 2.48. The van der Waals surface area contributed by atoms with E-state index in [-0.39, 0.29) is 10.9 Å². The van der Waals surface area contributed by atoms with Gasteiger partial charge in [0, 0.05) is 18.7 Å². The first-order valence-electron chi connectivity index (χ1n) is 9.00. The van der Waals surface area contributed by atoms with Crippen LogP contribution >= 0.6 is 0 Å². The molecule has 6 nitrogen and oxygen atoms in total. The van der Waals surface area contributed by atoms with Gasteiger partial charge in [-0.05, 0) is 63.0 Å². The maximum absolute atomic E-state index is 12.6. The summed E-state index contributed by atoms with van der Waals surface area (Å²) < 4.78 is 34.8. The molecule has 1 N–H and O–H groups in total. The zero-order valence-corrected chi connectivity index (χ0v) is 15.4. The molecule has 0 spiro atoms. The number of oxazole rings is 1. The van der Waals surface area contributed by atoms with Crippen LogP contribution < -0.4 is 10.5 Å². The van der Waals surface area contributed by atoms with Crippen molar-refractivity contribution in [2.24, 2.45) is 17.8 Å². The van der Waals surface area contributed by atoms with Crippen molar-refractivity contribution in [3.05, 3.63) is 28.7 Å². The quantitative estimate of drug-likeness (QED) is 0.884. The molecule has 0 saturated heterocycles. The molecule has 136 valence electrons. The van der Waals surface area contributed by atoms with Crippen LogP contribution in [0.25, 0.3) is 11.1 Å². The van der Waals surface area contributed by atoms with Crippen LogP contribution in [-0.2, 0) is 10.0 Å². The number of rotatable bonds is 5. The van der Waals surface area contributed by atoms with Gasteiger partial charge in [-0.2, -0.15) is 0 Å². The highest BCUT2D eigenvalue weighted by atomic mass is 32.2. The number of hydrogen-bond donors (Lipinski definition) is 1. The molecule has 0 aliphatic heterocycles. The number of hydrogen-bond acceptors (Lipinski definition) is 4. The lowest BCUT2D eigenvalue weighted by Gasteiger charge is -2.21. The second-order valence-corrected chi connectivity index (χ2v) is 9.52. The van der Waals surface area contributed by atoms with E-state index in [2.05, 4.69) is 4.72 Å². The van der Waals surface area contributed by atoms with Crippen LogP contribution in [0.1, 0.15) is 45.6 Å². The van der Waals surface area contributed by atoms with Gasteiger partial charge >= 0.3 is 5.76 Å². The topological polar surface area (TPSA) is 81.3 Å². The largest absolute Gasteiger partial charge is 0.420 e. The molecule has 3 atom stereocenters. The Bertz CT molecular complexity index is 957. The highest BCUT2D eigenvalue weighted by Gasteiger charge is 2.39. The molecule has 0 unspecified atom stereocenters. The summed E-state index contributed by atoms with van der Waals surface area (Å²) in [5.41, 5.74) is 0.925. The fraction of sp³-hybridized carbons (Fsp3) is 0.611. The van der Waals surface area contributed by atoms with Crippen LogP contribution in [0.2, 0.25) is 0 Å². The zero-order valence-electron chi connectivity index (χ0n) is 14.6. The molecule has 1 aromatic heterocycles. The van der Waals surface area contributed by atoms with E-state index in [1.807, 2.05) is 13.8 Å². The first-order chi connectivity index (χ1) is 11.8. The Labute approximate surface area is 147 Å². The molecule has 7 heteroatoms. The van der Waals surface area contributed by atoms with Gasteiger partial charge in [0.1, 0.15) is 0 Å². The van der Waals surface area contributed by atoms with E-state index in [9.17, 15) is 13.2 Å². The minimum atomic E-state index is -3.60. The van der Waals surface area contributed by atoms with E-state index in [1.165, 1.54) is 29.9 Å². The minimum Gasteiger partial charge on any atom is -0.408 e. The van der Waals surface area contributed by atoms with Gasteiger partial charge in [-0.3, -0.25) is 4.57 Å². The SMILES string of the molecule is CC(C)n1c(=O)oc2cc(S(=O)(=O)NC[C@@H]3C[C@H]4CC[C@H]3C4)ccc21. The molecule has 2 fully saturated rings. The van der Waals surface area contributed by atoms with Crippen molar-refractivity contribution < 1.29 is 12.8 Å². The molecule has 2 bridgehead atoms. The second kappa shape index (κ2) is 5.99. The Balaban J connectivity index is 1.56. The predicted octanol–water partition coefficient (Wildman–Crippen LogP) is 2.89. The number of fused-ring (bicyclic) bond motifs is 3. The normalized spacial score (nSPS) is 26.1. The summed E-state index contributed by atoms with van der Waals surface area (Å²) in [5, 5.41) is 0. The molecule has 1 heterocycles. The number of nitrogens with zero attached hydrogens (tertiary/aromatic N) is 1. The summed E-state index contributed by atoms with van der Waals surface area (Å²) in [6.45, 7) is 4.27. The fourth-order valence-electron chi connectivity index (χ4n) is 4.60. The summed E-state index contributed by atoms with van der Waals surface area (Å²) in [7, 11) is -3.60. The first kappa shape index (κ1) is 16.8. The fourth-order valence-corrected chi connectivity index (χ4v) is 5.71.